The molecule has 1 unspecified atom stereocenters. The molecule has 2 aromatic heterocycles. The number of rotatable bonds is 5. The second kappa shape index (κ2) is 9.73. The fraction of sp³-hybridized carbons (Fsp3) is 0.250. The summed E-state index contributed by atoms with van der Waals surface area (Å²) in [4.78, 5) is 27.1. The Kier molecular flexibility index (Phi) is 6.33. The fourth-order valence-electron chi connectivity index (χ4n) is 4.76. The van der Waals surface area contributed by atoms with E-state index in [1.54, 1.807) is 4.90 Å². The number of benzene rings is 2. The van der Waals surface area contributed by atoms with Crippen LogP contribution in [0.25, 0.3) is 11.5 Å². The maximum absolute atomic E-state index is 13.6. The second-order valence-corrected chi connectivity index (χ2v) is 8.80. The molecule has 0 bridgehead atoms. The maximum Gasteiger partial charge on any atom is 0.325 e. The van der Waals surface area contributed by atoms with Crippen molar-refractivity contribution in [3.8, 4) is 11.5 Å². The van der Waals surface area contributed by atoms with Gasteiger partial charge in [-0.25, -0.2) is 9.48 Å². The highest BCUT2D eigenvalue weighted by Gasteiger charge is 2.36. The SMILES string of the molecule is CCc1ccc(C2c3cccn3-c3c(c(C)nn3-c3ccccc3)CN2C(=O)NCC(=O)OC)cc1. The number of aromatic nitrogens is 3. The summed E-state index contributed by atoms with van der Waals surface area (Å²) in [6.07, 6.45) is 2.94. The van der Waals surface area contributed by atoms with Crippen LogP contribution in [0.2, 0.25) is 0 Å². The van der Waals surface area contributed by atoms with Gasteiger partial charge in [0.25, 0.3) is 0 Å². The quantitative estimate of drug-likeness (QED) is 0.429. The number of amides is 2. The lowest BCUT2D eigenvalue weighted by atomic mass is 10.00. The summed E-state index contributed by atoms with van der Waals surface area (Å²) < 4.78 is 8.78. The van der Waals surface area contributed by atoms with E-state index in [2.05, 4.69) is 41.1 Å². The number of nitrogens with one attached hydrogen (secondary N) is 1. The Bertz CT molecular complexity index is 1390. The summed E-state index contributed by atoms with van der Waals surface area (Å²) in [7, 11) is 1.30. The minimum Gasteiger partial charge on any atom is -0.468 e. The zero-order chi connectivity index (χ0) is 25.2. The van der Waals surface area contributed by atoms with Crippen molar-refractivity contribution in [1.82, 2.24) is 24.6 Å². The van der Waals surface area contributed by atoms with E-state index in [4.69, 9.17) is 9.84 Å². The molecule has 2 aromatic carbocycles. The molecule has 0 saturated heterocycles. The molecular formula is C28H29N5O3. The van der Waals surface area contributed by atoms with E-state index in [0.717, 1.165) is 40.4 Å². The van der Waals surface area contributed by atoms with Crippen molar-refractivity contribution in [1.29, 1.82) is 0 Å². The maximum atomic E-state index is 13.6. The fourth-order valence-corrected chi connectivity index (χ4v) is 4.76. The zero-order valence-electron chi connectivity index (χ0n) is 20.6. The predicted octanol–water partition coefficient (Wildman–Crippen LogP) is 4.32. The van der Waals surface area contributed by atoms with Crippen molar-refractivity contribution >= 4 is 12.0 Å². The average Bonchev–Trinajstić information content (AvgIpc) is 3.48. The number of carbonyl (C=O) groups is 2. The molecular weight excluding hydrogens is 454 g/mol. The van der Waals surface area contributed by atoms with E-state index in [1.165, 1.54) is 12.7 Å². The first-order chi connectivity index (χ1) is 17.5. The van der Waals surface area contributed by atoms with E-state index in [-0.39, 0.29) is 18.6 Å². The molecule has 3 heterocycles. The van der Waals surface area contributed by atoms with Gasteiger partial charge >= 0.3 is 12.0 Å². The molecule has 0 fully saturated rings. The lowest BCUT2D eigenvalue weighted by Crippen LogP contribution is -2.44. The summed E-state index contributed by atoms with van der Waals surface area (Å²) in [6, 6.07) is 21.6. The molecule has 0 spiro atoms. The topological polar surface area (TPSA) is 81.4 Å². The van der Waals surface area contributed by atoms with Gasteiger partial charge in [-0.15, -0.1) is 0 Å². The standard InChI is InChI=1S/C28H29N5O3/c1-4-20-12-14-21(15-13-20)26-24-11-8-16-31(24)27-23(18-32(26)28(35)29-17-25(34)36-3)19(2)30-33(27)22-9-6-5-7-10-22/h5-16,26H,4,17-18H2,1-3H3,(H,29,35). The number of fused-ring (bicyclic) bond motifs is 3. The third-order valence-electron chi connectivity index (χ3n) is 6.66. The van der Waals surface area contributed by atoms with Crippen molar-refractivity contribution in [3.05, 3.63) is 101 Å². The predicted molar refractivity (Wildman–Crippen MR) is 136 cm³/mol. The van der Waals surface area contributed by atoms with Crippen molar-refractivity contribution in [2.75, 3.05) is 13.7 Å². The third-order valence-corrected chi connectivity index (χ3v) is 6.66. The van der Waals surface area contributed by atoms with Gasteiger partial charge in [-0.1, -0.05) is 49.4 Å². The molecule has 1 N–H and O–H groups in total. The van der Waals surface area contributed by atoms with Crippen LogP contribution in [-0.4, -0.2) is 44.9 Å². The number of aryl methyl sites for hydroxylation is 2. The number of ether oxygens (including phenoxy) is 1. The number of hydrogen-bond donors (Lipinski definition) is 1. The summed E-state index contributed by atoms with van der Waals surface area (Å²) in [5.41, 5.74) is 5.86. The van der Waals surface area contributed by atoms with Gasteiger partial charge in [0.05, 0.1) is 36.8 Å². The molecule has 4 aromatic rings. The molecule has 2 amide bonds. The lowest BCUT2D eigenvalue weighted by Gasteiger charge is -2.31. The summed E-state index contributed by atoms with van der Waals surface area (Å²) in [5.74, 6) is 0.399. The first kappa shape index (κ1) is 23.4. The monoisotopic (exact) mass is 483 g/mol. The second-order valence-electron chi connectivity index (χ2n) is 8.80. The number of esters is 1. The van der Waals surface area contributed by atoms with Crippen LogP contribution in [0.1, 0.15) is 41.0 Å². The van der Waals surface area contributed by atoms with E-state index in [1.807, 2.05) is 60.3 Å². The van der Waals surface area contributed by atoms with Gasteiger partial charge in [-0.3, -0.25) is 4.79 Å². The molecule has 5 rings (SSSR count). The molecule has 8 heteroatoms. The van der Waals surface area contributed by atoms with Gasteiger partial charge in [-0.2, -0.15) is 5.10 Å². The van der Waals surface area contributed by atoms with Crippen molar-refractivity contribution in [2.24, 2.45) is 0 Å². The number of carbonyl (C=O) groups excluding carboxylic acids is 2. The van der Waals surface area contributed by atoms with Crippen LogP contribution in [0.3, 0.4) is 0 Å². The summed E-state index contributed by atoms with van der Waals surface area (Å²) >= 11 is 0. The number of hydrogen-bond acceptors (Lipinski definition) is 4. The van der Waals surface area contributed by atoms with Crippen molar-refractivity contribution in [3.63, 3.8) is 0 Å². The molecule has 0 radical (unpaired) electrons. The number of nitrogens with zero attached hydrogens (tertiary/aromatic N) is 4. The molecule has 184 valence electrons. The molecule has 36 heavy (non-hydrogen) atoms. The van der Waals surface area contributed by atoms with Gasteiger partial charge in [0, 0.05) is 11.8 Å². The van der Waals surface area contributed by atoms with Crippen LogP contribution in [-0.2, 0) is 22.5 Å². The Morgan fingerprint density at radius 3 is 2.50 bits per heavy atom. The van der Waals surface area contributed by atoms with Crippen molar-refractivity contribution in [2.45, 2.75) is 32.9 Å². The number of urea groups is 1. The summed E-state index contributed by atoms with van der Waals surface area (Å²) in [5, 5.41) is 7.59. The van der Waals surface area contributed by atoms with Gasteiger partial charge in [0.15, 0.2) is 0 Å². The number of methoxy groups -OCH3 is 1. The molecule has 1 atom stereocenters. The molecule has 1 aliphatic heterocycles. The average molecular weight is 484 g/mol. The molecule has 1 aliphatic rings. The minimum atomic E-state index is -0.501. The lowest BCUT2D eigenvalue weighted by molar-refractivity contribution is -0.139. The Morgan fingerprint density at radius 1 is 1.06 bits per heavy atom. The van der Waals surface area contributed by atoms with Gasteiger partial charge < -0.3 is 19.5 Å². The van der Waals surface area contributed by atoms with E-state index >= 15 is 0 Å². The molecule has 0 saturated carbocycles. The Hall–Kier alpha value is -4.33. The Balaban J connectivity index is 1.68. The van der Waals surface area contributed by atoms with E-state index < -0.39 is 5.97 Å². The van der Waals surface area contributed by atoms with Crippen molar-refractivity contribution < 1.29 is 14.3 Å². The van der Waals surface area contributed by atoms with Crippen LogP contribution < -0.4 is 5.32 Å². The minimum absolute atomic E-state index is 0.205. The molecule has 0 aliphatic carbocycles. The van der Waals surface area contributed by atoms with Crippen LogP contribution in [0.5, 0.6) is 0 Å². The largest absolute Gasteiger partial charge is 0.468 e. The normalized spacial score (nSPS) is 14.5. The van der Waals surface area contributed by atoms with Gasteiger partial charge in [0.2, 0.25) is 0 Å². The molecule has 8 nitrogen and oxygen atoms in total. The zero-order valence-corrected chi connectivity index (χ0v) is 20.6. The van der Waals surface area contributed by atoms with E-state index in [0.29, 0.717) is 6.54 Å². The highest BCUT2D eigenvalue weighted by molar-refractivity contribution is 5.81. The van der Waals surface area contributed by atoms with Gasteiger partial charge in [0.1, 0.15) is 12.4 Å². The first-order valence-corrected chi connectivity index (χ1v) is 12.0. The number of para-hydroxylation sites is 1. The Morgan fingerprint density at radius 2 is 1.81 bits per heavy atom. The van der Waals surface area contributed by atoms with Crippen LogP contribution in [0.15, 0.2) is 72.9 Å². The van der Waals surface area contributed by atoms with E-state index in [9.17, 15) is 9.59 Å². The van der Waals surface area contributed by atoms with Crippen LogP contribution in [0, 0.1) is 6.92 Å². The smallest absolute Gasteiger partial charge is 0.325 e. The first-order valence-electron chi connectivity index (χ1n) is 12.0. The Labute approximate surface area is 210 Å². The van der Waals surface area contributed by atoms with Crippen LogP contribution in [0.4, 0.5) is 4.79 Å². The highest BCUT2D eigenvalue weighted by Crippen LogP contribution is 2.38. The highest BCUT2D eigenvalue weighted by atomic mass is 16.5. The van der Waals surface area contributed by atoms with Gasteiger partial charge in [-0.05, 0) is 48.7 Å². The van der Waals surface area contributed by atoms with Crippen LogP contribution >= 0.6 is 0 Å². The third kappa shape index (κ3) is 4.15. The summed E-state index contributed by atoms with van der Waals surface area (Å²) in [6.45, 7) is 4.20.